The van der Waals surface area contributed by atoms with Gasteiger partial charge in [-0.25, -0.2) is 0 Å². The fourth-order valence-corrected chi connectivity index (χ4v) is 2.34. The van der Waals surface area contributed by atoms with Gasteiger partial charge in [0.15, 0.2) is 11.5 Å². The van der Waals surface area contributed by atoms with Crippen molar-refractivity contribution in [2.24, 2.45) is 4.99 Å². The molecule has 1 aliphatic rings. The van der Waals surface area contributed by atoms with E-state index in [1.165, 1.54) is 0 Å². The lowest BCUT2D eigenvalue weighted by atomic mass is 9.93. The predicted octanol–water partition coefficient (Wildman–Crippen LogP) is 2.08. The van der Waals surface area contributed by atoms with Crippen LogP contribution in [0.2, 0.25) is 0 Å². The van der Waals surface area contributed by atoms with Gasteiger partial charge in [0, 0.05) is 36.6 Å². The summed E-state index contributed by atoms with van der Waals surface area (Å²) in [6.07, 6.45) is 5.02. The quantitative estimate of drug-likeness (QED) is 0.806. The molecule has 0 aliphatic carbocycles. The summed E-state index contributed by atoms with van der Waals surface area (Å²) < 4.78 is 0. The SMILES string of the molecule is Oc1cc2c(cc1O)C(Cc1ccncc1)=NCC2. The maximum absolute atomic E-state index is 9.64. The van der Waals surface area contributed by atoms with E-state index >= 15 is 0 Å². The normalized spacial score (nSPS) is 13.8. The number of nitrogens with zero attached hydrogens (tertiary/aromatic N) is 2. The zero-order chi connectivity index (χ0) is 13.2. The van der Waals surface area contributed by atoms with Crippen molar-refractivity contribution in [3.63, 3.8) is 0 Å². The van der Waals surface area contributed by atoms with Crippen molar-refractivity contribution in [1.29, 1.82) is 0 Å². The molecule has 4 heteroatoms. The van der Waals surface area contributed by atoms with E-state index in [4.69, 9.17) is 0 Å². The van der Waals surface area contributed by atoms with Gasteiger partial charge in [0.05, 0.1) is 0 Å². The zero-order valence-electron chi connectivity index (χ0n) is 10.4. The van der Waals surface area contributed by atoms with Crippen LogP contribution in [0.15, 0.2) is 41.7 Å². The number of pyridine rings is 1. The van der Waals surface area contributed by atoms with Crippen molar-refractivity contribution in [1.82, 2.24) is 4.98 Å². The lowest BCUT2D eigenvalue weighted by Crippen LogP contribution is -2.15. The fourth-order valence-electron chi connectivity index (χ4n) is 2.34. The Morgan fingerprint density at radius 3 is 2.58 bits per heavy atom. The molecule has 0 radical (unpaired) electrons. The highest BCUT2D eigenvalue weighted by Crippen LogP contribution is 2.31. The number of aliphatic imine (C=N–C) groups is 1. The molecule has 2 aromatic rings. The van der Waals surface area contributed by atoms with E-state index in [2.05, 4.69) is 9.98 Å². The van der Waals surface area contributed by atoms with E-state index in [-0.39, 0.29) is 11.5 Å². The second-order valence-corrected chi connectivity index (χ2v) is 4.61. The molecule has 2 N–H and O–H groups in total. The Balaban J connectivity index is 1.97. The van der Waals surface area contributed by atoms with Crippen LogP contribution in [0.1, 0.15) is 16.7 Å². The van der Waals surface area contributed by atoms with E-state index < -0.39 is 0 Å². The highest BCUT2D eigenvalue weighted by atomic mass is 16.3. The van der Waals surface area contributed by atoms with Crippen LogP contribution in [0.4, 0.5) is 0 Å². The first-order valence-corrected chi connectivity index (χ1v) is 6.21. The van der Waals surface area contributed by atoms with Crippen molar-refractivity contribution in [3.8, 4) is 11.5 Å². The molecule has 3 rings (SSSR count). The molecule has 4 nitrogen and oxygen atoms in total. The molecular weight excluding hydrogens is 240 g/mol. The minimum absolute atomic E-state index is 0.0658. The first kappa shape index (κ1) is 11.7. The molecule has 1 aliphatic heterocycles. The fraction of sp³-hybridized carbons (Fsp3) is 0.200. The molecule has 0 spiro atoms. The minimum atomic E-state index is -0.0944. The van der Waals surface area contributed by atoms with Crippen LogP contribution >= 0.6 is 0 Å². The lowest BCUT2D eigenvalue weighted by molar-refractivity contribution is 0.403. The van der Waals surface area contributed by atoms with Gasteiger partial charge >= 0.3 is 0 Å². The molecule has 0 atom stereocenters. The smallest absolute Gasteiger partial charge is 0.158 e. The Bertz CT molecular complexity index is 636. The van der Waals surface area contributed by atoms with Crippen molar-refractivity contribution < 1.29 is 10.2 Å². The monoisotopic (exact) mass is 254 g/mol. The number of hydrogen-bond acceptors (Lipinski definition) is 4. The third-order valence-corrected chi connectivity index (χ3v) is 3.32. The van der Waals surface area contributed by atoms with Gasteiger partial charge in [0.2, 0.25) is 0 Å². The summed E-state index contributed by atoms with van der Waals surface area (Å²) in [5.74, 6) is -0.160. The zero-order valence-corrected chi connectivity index (χ0v) is 10.4. The molecule has 0 saturated carbocycles. The van der Waals surface area contributed by atoms with Gasteiger partial charge in [0.25, 0.3) is 0 Å². The topological polar surface area (TPSA) is 65.7 Å². The van der Waals surface area contributed by atoms with E-state index in [1.807, 2.05) is 12.1 Å². The van der Waals surface area contributed by atoms with E-state index in [9.17, 15) is 10.2 Å². The first-order valence-electron chi connectivity index (χ1n) is 6.21. The van der Waals surface area contributed by atoms with Crippen LogP contribution in [0, 0.1) is 0 Å². The average Bonchev–Trinajstić information content (AvgIpc) is 2.42. The maximum Gasteiger partial charge on any atom is 0.158 e. The molecule has 0 saturated heterocycles. The highest BCUT2D eigenvalue weighted by Gasteiger charge is 2.17. The van der Waals surface area contributed by atoms with Crippen molar-refractivity contribution in [3.05, 3.63) is 53.3 Å². The molecule has 1 aromatic carbocycles. The lowest BCUT2D eigenvalue weighted by Gasteiger charge is -2.18. The molecular formula is C15H14N2O2. The van der Waals surface area contributed by atoms with Crippen LogP contribution in [0.3, 0.4) is 0 Å². The Hall–Kier alpha value is -2.36. The van der Waals surface area contributed by atoms with Crippen LogP contribution in [0.25, 0.3) is 0 Å². The summed E-state index contributed by atoms with van der Waals surface area (Å²) in [6.45, 7) is 0.720. The number of phenolic OH excluding ortho intramolecular Hbond substituents is 2. The number of hydrogen-bond donors (Lipinski definition) is 2. The standard InChI is InChI=1S/C15H14N2O2/c18-14-8-11-3-6-17-13(12(11)9-15(14)19)7-10-1-4-16-5-2-10/h1-2,4-5,8-9,18-19H,3,6-7H2. The summed E-state index contributed by atoms with van der Waals surface area (Å²) in [4.78, 5) is 8.54. The first-order chi connectivity index (χ1) is 9.24. The summed E-state index contributed by atoms with van der Waals surface area (Å²) in [7, 11) is 0. The van der Waals surface area contributed by atoms with E-state index in [1.54, 1.807) is 24.5 Å². The second-order valence-electron chi connectivity index (χ2n) is 4.61. The predicted molar refractivity (Wildman–Crippen MR) is 72.8 cm³/mol. The molecule has 0 bridgehead atoms. The molecule has 96 valence electrons. The number of rotatable bonds is 2. The Labute approximate surface area is 111 Å². The van der Waals surface area contributed by atoms with Gasteiger partial charge in [-0.2, -0.15) is 0 Å². The molecule has 2 heterocycles. The Morgan fingerprint density at radius 2 is 1.79 bits per heavy atom. The van der Waals surface area contributed by atoms with Crippen molar-refractivity contribution in [2.45, 2.75) is 12.8 Å². The molecule has 0 unspecified atom stereocenters. The molecule has 0 fully saturated rings. The number of fused-ring (bicyclic) bond motifs is 1. The average molecular weight is 254 g/mol. The number of phenols is 2. The Morgan fingerprint density at radius 1 is 1.05 bits per heavy atom. The van der Waals surface area contributed by atoms with Gasteiger partial charge in [-0.3, -0.25) is 9.98 Å². The van der Waals surface area contributed by atoms with Crippen molar-refractivity contribution in [2.75, 3.05) is 6.54 Å². The number of aromatic nitrogens is 1. The summed E-state index contributed by atoms with van der Waals surface area (Å²) in [6, 6.07) is 7.14. The number of benzene rings is 1. The van der Waals surface area contributed by atoms with E-state index in [0.29, 0.717) is 6.42 Å². The summed E-state index contributed by atoms with van der Waals surface area (Å²) in [5.41, 5.74) is 4.05. The van der Waals surface area contributed by atoms with Crippen LogP contribution in [-0.4, -0.2) is 27.5 Å². The van der Waals surface area contributed by atoms with Gasteiger partial charge in [0.1, 0.15) is 0 Å². The van der Waals surface area contributed by atoms with Gasteiger partial charge in [-0.1, -0.05) is 0 Å². The molecule has 19 heavy (non-hydrogen) atoms. The van der Waals surface area contributed by atoms with Gasteiger partial charge in [-0.05, 0) is 41.8 Å². The second kappa shape index (κ2) is 4.72. The highest BCUT2D eigenvalue weighted by molar-refractivity contribution is 6.04. The minimum Gasteiger partial charge on any atom is -0.504 e. The molecule has 1 aromatic heterocycles. The summed E-state index contributed by atoms with van der Waals surface area (Å²) >= 11 is 0. The Kier molecular flexibility index (Phi) is 2.91. The van der Waals surface area contributed by atoms with Gasteiger partial charge in [-0.15, -0.1) is 0 Å². The van der Waals surface area contributed by atoms with Crippen LogP contribution in [-0.2, 0) is 12.8 Å². The van der Waals surface area contributed by atoms with E-state index in [0.717, 1.165) is 35.4 Å². The van der Waals surface area contributed by atoms with Crippen LogP contribution < -0.4 is 0 Å². The van der Waals surface area contributed by atoms with Crippen molar-refractivity contribution >= 4 is 5.71 Å². The third kappa shape index (κ3) is 2.29. The van der Waals surface area contributed by atoms with Crippen LogP contribution in [0.5, 0.6) is 11.5 Å². The summed E-state index contributed by atoms with van der Waals surface area (Å²) in [5, 5.41) is 19.2. The third-order valence-electron chi connectivity index (χ3n) is 3.32. The maximum atomic E-state index is 9.64. The molecule has 0 amide bonds. The largest absolute Gasteiger partial charge is 0.504 e. The van der Waals surface area contributed by atoms with Gasteiger partial charge < -0.3 is 10.2 Å². The number of aromatic hydroxyl groups is 2.